The molecule has 0 bridgehead atoms. The average Bonchev–Trinajstić information content (AvgIpc) is 2.63. The molecule has 5 heteroatoms. The fourth-order valence-corrected chi connectivity index (χ4v) is 2.52. The Hall–Kier alpha value is -1.10. The molecule has 0 radical (unpaired) electrons. The van der Waals surface area contributed by atoms with Gasteiger partial charge in [0.1, 0.15) is 0 Å². The molecule has 0 aromatic heterocycles. The summed E-state index contributed by atoms with van der Waals surface area (Å²) in [4.78, 5) is 23.6. The summed E-state index contributed by atoms with van der Waals surface area (Å²) < 4.78 is 0. The van der Waals surface area contributed by atoms with Crippen LogP contribution in [0.15, 0.2) is 0 Å². The van der Waals surface area contributed by atoms with E-state index >= 15 is 0 Å². The number of hydrogen-bond donors (Lipinski definition) is 3. The minimum atomic E-state index is -0.807. The topological polar surface area (TPSA) is 92.4 Å². The summed E-state index contributed by atoms with van der Waals surface area (Å²) in [5, 5.41) is 12.2. The van der Waals surface area contributed by atoms with E-state index in [0.717, 1.165) is 25.7 Å². The van der Waals surface area contributed by atoms with Gasteiger partial charge in [0.25, 0.3) is 0 Å². The first-order valence-electron chi connectivity index (χ1n) is 7.18. The first-order valence-corrected chi connectivity index (χ1v) is 7.18. The van der Waals surface area contributed by atoms with Crippen molar-refractivity contribution >= 4 is 11.9 Å². The third-order valence-electron chi connectivity index (χ3n) is 4.43. The molecule has 19 heavy (non-hydrogen) atoms. The summed E-state index contributed by atoms with van der Waals surface area (Å²) in [6.45, 7) is 4.03. The number of carboxylic acids is 1. The van der Waals surface area contributed by atoms with E-state index in [9.17, 15) is 14.7 Å². The van der Waals surface area contributed by atoms with Crippen LogP contribution in [0.25, 0.3) is 0 Å². The number of carboxylic acid groups (broad SMARTS) is 1. The molecule has 0 spiro atoms. The van der Waals surface area contributed by atoms with E-state index in [1.54, 1.807) is 0 Å². The third-order valence-corrected chi connectivity index (χ3v) is 4.43. The highest BCUT2D eigenvalue weighted by Crippen LogP contribution is 2.26. The van der Waals surface area contributed by atoms with Crippen LogP contribution in [0, 0.1) is 11.3 Å². The molecule has 1 fully saturated rings. The van der Waals surface area contributed by atoms with Gasteiger partial charge in [-0.05, 0) is 26.2 Å². The van der Waals surface area contributed by atoms with Gasteiger partial charge in [0.2, 0.25) is 5.91 Å². The van der Waals surface area contributed by atoms with Gasteiger partial charge in [-0.2, -0.15) is 0 Å². The first-order chi connectivity index (χ1) is 8.94. The lowest BCUT2D eigenvalue weighted by molar-refractivity contribution is -0.143. The lowest BCUT2D eigenvalue weighted by atomic mass is 9.85. The molecular formula is C14H26N2O3. The van der Waals surface area contributed by atoms with Crippen LogP contribution in [0.5, 0.6) is 0 Å². The number of carbonyl (C=O) groups is 2. The Morgan fingerprint density at radius 1 is 1.32 bits per heavy atom. The summed E-state index contributed by atoms with van der Waals surface area (Å²) in [5.74, 6) is -1.39. The van der Waals surface area contributed by atoms with Crippen molar-refractivity contribution in [2.75, 3.05) is 6.54 Å². The van der Waals surface area contributed by atoms with Crippen LogP contribution in [0.3, 0.4) is 0 Å². The molecule has 0 saturated heterocycles. The lowest BCUT2D eigenvalue weighted by Crippen LogP contribution is -2.50. The monoisotopic (exact) mass is 270 g/mol. The number of carbonyl (C=O) groups excluding carboxylic acids is 1. The number of rotatable bonds is 5. The van der Waals surface area contributed by atoms with Crippen LogP contribution in [0.4, 0.5) is 0 Å². The molecule has 3 atom stereocenters. The molecule has 1 aliphatic carbocycles. The van der Waals surface area contributed by atoms with E-state index < -0.39 is 17.3 Å². The van der Waals surface area contributed by atoms with Crippen LogP contribution in [-0.2, 0) is 9.59 Å². The maximum Gasteiger partial charge on any atom is 0.308 e. The zero-order chi connectivity index (χ0) is 14.5. The average molecular weight is 270 g/mol. The van der Waals surface area contributed by atoms with Gasteiger partial charge in [-0.3, -0.25) is 9.59 Å². The molecule has 1 aliphatic rings. The molecule has 4 N–H and O–H groups in total. The minimum absolute atomic E-state index is 0.115. The smallest absolute Gasteiger partial charge is 0.308 e. The Kier molecular flexibility index (Phi) is 5.79. The van der Waals surface area contributed by atoms with Crippen molar-refractivity contribution < 1.29 is 14.7 Å². The molecule has 1 amide bonds. The number of nitrogens with one attached hydrogen (secondary N) is 1. The highest BCUT2D eigenvalue weighted by molar-refractivity contribution is 5.83. The van der Waals surface area contributed by atoms with E-state index in [0.29, 0.717) is 12.8 Å². The van der Waals surface area contributed by atoms with E-state index in [-0.39, 0.29) is 18.5 Å². The Bertz CT molecular complexity index is 327. The minimum Gasteiger partial charge on any atom is -0.481 e. The van der Waals surface area contributed by atoms with Gasteiger partial charge in [0.05, 0.1) is 11.3 Å². The number of aliphatic carboxylic acids is 1. The zero-order valence-electron chi connectivity index (χ0n) is 11.9. The SMILES string of the molecule is CCC(C)(CN)C(=O)NC1CCCCCC1C(=O)O. The van der Waals surface area contributed by atoms with E-state index in [2.05, 4.69) is 5.32 Å². The van der Waals surface area contributed by atoms with Gasteiger partial charge in [0, 0.05) is 12.6 Å². The maximum absolute atomic E-state index is 12.3. The van der Waals surface area contributed by atoms with E-state index in [1.807, 2.05) is 13.8 Å². The maximum atomic E-state index is 12.3. The van der Waals surface area contributed by atoms with E-state index in [4.69, 9.17) is 5.73 Å². The molecule has 1 saturated carbocycles. The van der Waals surface area contributed by atoms with Gasteiger partial charge < -0.3 is 16.2 Å². The van der Waals surface area contributed by atoms with Crippen molar-refractivity contribution in [2.24, 2.45) is 17.1 Å². The fraction of sp³-hybridized carbons (Fsp3) is 0.857. The fourth-order valence-electron chi connectivity index (χ4n) is 2.52. The van der Waals surface area contributed by atoms with Crippen LogP contribution in [0.2, 0.25) is 0 Å². The molecule has 0 aliphatic heterocycles. The van der Waals surface area contributed by atoms with Crippen molar-refractivity contribution in [2.45, 2.75) is 58.4 Å². The number of nitrogens with two attached hydrogens (primary N) is 1. The molecule has 110 valence electrons. The molecule has 0 aromatic carbocycles. The molecule has 1 rings (SSSR count). The van der Waals surface area contributed by atoms with Crippen LogP contribution >= 0.6 is 0 Å². The van der Waals surface area contributed by atoms with Crippen molar-refractivity contribution in [1.82, 2.24) is 5.32 Å². The largest absolute Gasteiger partial charge is 0.481 e. The van der Waals surface area contributed by atoms with Crippen molar-refractivity contribution in [1.29, 1.82) is 0 Å². The Morgan fingerprint density at radius 2 is 1.95 bits per heavy atom. The summed E-state index contributed by atoms with van der Waals surface area (Å²) in [7, 11) is 0. The zero-order valence-corrected chi connectivity index (χ0v) is 11.9. The van der Waals surface area contributed by atoms with E-state index in [1.165, 1.54) is 0 Å². The lowest BCUT2D eigenvalue weighted by Gasteiger charge is -2.30. The van der Waals surface area contributed by atoms with Crippen molar-refractivity contribution in [3.05, 3.63) is 0 Å². The van der Waals surface area contributed by atoms with Gasteiger partial charge in [-0.25, -0.2) is 0 Å². The quantitative estimate of drug-likeness (QED) is 0.660. The van der Waals surface area contributed by atoms with Gasteiger partial charge in [-0.1, -0.05) is 26.2 Å². The third kappa shape index (κ3) is 3.93. The number of amides is 1. The second kappa shape index (κ2) is 6.89. The summed E-state index contributed by atoms with van der Waals surface area (Å²) in [6, 6.07) is -0.259. The van der Waals surface area contributed by atoms with Crippen LogP contribution in [0.1, 0.15) is 52.4 Å². The Labute approximate surface area is 114 Å². The van der Waals surface area contributed by atoms with Crippen LogP contribution < -0.4 is 11.1 Å². The molecule has 0 aromatic rings. The molecule has 3 unspecified atom stereocenters. The predicted octanol–water partition coefficient (Wildman–Crippen LogP) is 1.51. The predicted molar refractivity (Wildman–Crippen MR) is 73.6 cm³/mol. The van der Waals surface area contributed by atoms with Gasteiger partial charge in [0.15, 0.2) is 0 Å². The summed E-state index contributed by atoms with van der Waals surface area (Å²) in [5.41, 5.74) is 5.07. The van der Waals surface area contributed by atoms with Crippen molar-refractivity contribution in [3.63, 3.8) is 0 Å². The molecular weight excluding hydrogens is 244 g/mol. The second-order valence-electron chi connectivity index (χ2n) is 5.78. The van der Waals surface area contributed by atoms with Crippen LogP contribution in [-0.4, -0.2) is 29.6 Å². The standard InChI is InChI=1S/C14H26N2O3/c1-3-14(2,9-15)13(19)16-11-8-6-4-5-7-10(11)12(17)18/h10-11H,3-9,15H2,1-2H3,(H,16,19)(H,17,18). The van der Waals surface area contributed by atoms with Gasteiger partial charge in [-0.15, -0.1) is 0 Å². The summed E-state index contributed by atoms with van der Waals surface area (Å²) >= 11 is 0. The highest BCUT2D eigenvalue weighted by Gasteiger charge is 2.35. The Morgan fingerprint density at radius 3 is 2.47 bits per heavy atom. The second-order valence-corrected chi connectivity index (χ2v) is 5.78. The molecule has 0 heterocycles. The first kappa shape index (κ1) is 16.0. The van der Waals surface area contributed by atoms with Gasteiger partial charge >= 0.3 is 5.97 Å². The number of hydrogen-bond acceptors (Lipinski definition) is 3. The molecule has 5 nitrogen and oxygen atoms in total. The Balaban J connectivity index is 2.76. The normalized spacial score (nSPS) is 27.1. The highest BCUT2D eigenvalue weighted by atomic mass is 16.4. The summed E-state index contributed by atoms with van der Waals surface area (Å²) in [6.07, 6.45) is 4.97. The van der Waals surface area contributed by atoms with Crippen molar-refractivity contribution in [3.8, 4) is 0 Å².